The molecule has 0 aliphatic rings. The summed E-state index contributed by atoms with van der Waals surface area (Å²) >= 11 is 1.43. The molecular formula is C11H12F3N5S. The minimum absolute atomic E-state index is 0.0802. The van der Waals surface area contributed by atoms with Gasteiger partial charge in [0, 0.05) is 18.0 Å². The molecule has 9 heteroatoms. The van der Waals surface area contributed by atoms with Crippen LogP contribution in [0.4, 0.5) is 24.9 Å². The molecule has 2 rings (SSSR count). The number of nitrogens with one attached hydrogen (secondary N) is 2. The Morgan fingerprint density at radius 1 is 1.30 bits per heavy atom. The highest BCUT2D eigenvalue weighted by atomic mass is 32.1. The van der Waals surface area contributed by atoms with Crippen LogP contribution in [0.15, 0.2) is 11.6 Å². The summed E-state index contributed by atoms with van der Waals surface area (Å²) in [5, 5.41) is 5.37. The van der Waals surface area contributed by atoms with Crippen LogP contribution in [-0.2, 0) is 12.7 Å². The van der Waals surface area contributed by atoms with Gasteiger partial charge in [0.25, 0.3) is 0 Å². The lowest BCUT2D eigenvalue weighted by molar-refractivity contribution is -0.141. The molecule has 0 unspecified atom stereocenters. The molecule has 2 heterocycles. The quantitative estimate of drug-likeness (QED) is 0.909. The Bertz CT molecular complexity index is 596. The second-order valence-corrected chi connectivity index (χ2v) is 4.86. The van der Waals surface area contributed by atoms with Crippen LogP contribution >= 0.6 is 11.3 Å². The second-order valence-electron chi connectivity index (χ2n) is 3.92. The van der Waals surface area contributed by atoms with E-state index in [9.17, 15) is 13.2 Å². The van der Waals surface area contributed by atoms with E-state index in [-0.39, 0.29) is 11.8 Å². The summed E-state index contributed by atoms with van der Waals surface area (Å²) in [7, 11) is 1.46. The highest BCUT2D eigenvalue weighted by Crippen LogP contribution is 2.29. The Morgan fingerprint density at radius 3 is 2.60 bits per heavy atom. The van der Waals surface area contributed by atoms with E-state index in [1.165, 1.54) is 18.4 Å². The van der Waals surface area contributed by atoms with E-state index in [1.54, 1.807) is 5.51 Å². The summed E-state index contributed by atoms with van der Waals surface area (Å²) in [6.45, 7) is 2.21. The van der Waals surface area contributed by atoms with Crippen molar-refractivity contribution in [1.82, 2.24) is 15.0 Å². The molecule has 0 saturated heterocycles. The lowest BCUT2D eigenvalue weighted by Crippen LogP contribution is -2.13. The maximum Gasteiger partial charge on any atom is 0.433 e. The molecule has 0 aliphatic heterocycles. The van der Waals surface area contributed by atoms with E-state index in [4.69, 9.17) is 0 Å². The highest BCUT2D eigenvalue weighted by Gasteiger charge is 2.33. The van der Waals surface area contributed by atoms with Crippen molar-refractivity contribution in [3.8, 4) is 0 Å². The molecule has 0 bridgehead atoms. The van der Waals surface area contributed by atoms with Gasteiger partial charge in [0.05, 0.1) is 17.7 Å². The first-order chi connectivity index (χ1) is 9.40. The van der Waals surface area contributed by atoms with Crippen molar-refractivity contribution in [2.45, 2.75) is 19.6 Å². The zero-order chi connectivity index (χ0) is 14.8. The molecule has 0 radical (unpaired) electrons. The summed E-state index contributed by atoms with van der Waals surface area (Å²) in [4.78, 5) is 12.4. The van der Waals surface area contributed by atoms with Gasteiger partial charge in [-0.15, -0.1) is 11.3 Å². The molecule has 0 amide bonds. The molecule has 0 spiro atoms. The predicted molar refractivity (Wildman–Crippen MR) is 70.8 cm³/mol. The summed E-state index contributed by atoms with van der Waals surface area (Å²) in [6, 6.07) is 0.886. The van der Waals surface area contributed by atoms with E-state index in [1.807, 2.05) is 6.92 Å². The number of hydrogen-bond donors (Lipinski definition) is 2. The van der Waals surface area contributed by atoms with Gasteiger partial charge in [0.2, 0.25) is 5.95 Å². The van der Waals surface area contributed by atoms with Crippen molar-refractivity contribution in [2.75, 3.05) is 17.7 Å². The molecule has 2 aromatic heterocycles. The fourth-order valence-corrected chi connectivity index (χ4v) is 2.18. The zero-order valence-corrected chi connectivity index (χ0v) is 11.6. The topological polar surface area (TPSA) is 62.7 Å². The molecule has 0 saturated carbocycles. The fourth-order valence-electron chi connectivity index (χ4n) is 1.46. The third-order valence-electron chi connectivity index (χ3n) is 2.52. The van der Waals surface area contributed by atoms with Gasteiger partial charge < -0.3 is 10.6 Å². The van der Waals surface area contributed by atoms with Crippen molar-refractivity contribution >= 4 is 23.1 Å². The predicted octanol–water partition coefficient (Wildman–Crippen LogP) is 2.91. The molecule has 2 N–H and O–H groups in total. The van der Waals surface area contributed by atoms with E-state index >= 15 is 0 Å². The van der Waals surface area contributed by atoms with Crippen molar-refractivity contribution < 1.29 is 13.2 Å². The molecular weight excluding hydrogens is 291 g/mol. The smallest absolute Gasteiger partial charge is 0.365 e. The summed E-state index contributed by atoms with van der Waals surface area (Å²) < 4.78 is 38.1. The van der Waals surface area contributed by atoms with Crippen LogP contribution in [-0.4, -0.2) is 22.0 Å². The van der Waals surface area contributed by atoms with Crippen LogP contribution in [0.1, 0.15) is 16.3 Å². The van der Waals surface area contributed by atoms with Crippen molar-refractivity contribution in [3.63, 3.8) is 0 Å². The van der Waals surface area contributed by atoms with Gasteiger partial charge in [0.15, 0.2) is 5.69 Å². The van der Waals surface area contributed by atoms with Crippen LogP contribution in [0.25, 0.3) is 0 Å². The Kier molecular flexibility index (Phi) is 4.07. The Morgan fingerprint density at radius 2 is 2.05 bits per heavy atom. The number of hydrogen-bond acceptors (Lipinski definition) is 6. The zero-order valence-electron chi connectivity index (χ0n) is 10.7. The highest BCUT2D eigenvalue weighted by molar-refractivity contribution is 7.09. The first kappa shape index (κ1) is 14.5. The maximum atomic E-state index is 12.7. The van der Waals surface area contributed by atoms with Gasteiger partial charge in [-0.1, -0.05) is 0 Å². The summed E-state index contributed by atoms with van der Waals surface area (Å²) in [5.41, 5.74) is 1.55. The third kappa shape index (κ3) is 3.35. The van der Waals surface area contributed by atoms with Crippen LogP contribution in [0.2, 0.25) is 0 Å². The molecule has 0 aliphatic carbocycles. The molecule has 5 nitrogen and oxygen atoms in total. The lowest BCUT2D eigenvalue weighted by atomic mass is 10.3. The number of anilines is 2. The molecule has 2 aromatic rings. The van der Waals surface area contributed by atoms with Crippen LogP contribution in [0.3, 0.4) is 0 Å². The number of halogens is 3. The van der Waals surface area contributed by atoms with Gasteiger partial charge >= 0.3 is 6.18 Å². The van der Waals surface area contributed by atoms with Crippen LogP contribution in [0, 0.1) is 6.92 Å². The van der Waals surface area contributed by atoms with Crippen molar-refractivity contribution in [2.24, 2.45) is 0 Å². The van der Waals surface area contributed by atoms with Gasteiger partial charge in [-0.05, 0) is 6.92 Å². The first-order valence-electron chi connectivity index (χ1n) is 5.67. The van der Waals surface area contributed by atoms with Gasteiger partial charge in [-0.25, -0.2) is 9.97 Å². The first-order valence-corrected chi connectivity index (χ1v) is 6.55. The Hall–Kier alpha value is -1.90. The van der Waals surface area contributed by atoms with Crippen molar-refractivity contribution in [3.05, 3.63) is 27.8 Å². The van der Waals surface area contributed by atoms with E-state index in [0.29, 0.717) is 6.54 Å². The fraction of sp³-hybridized carbons (Fsp3) is 0.364. The van der Waals surface area contributed by atoms with E-state index in [0.717, 1.165) is 16.6 Å². The Balaban J connectivity index is 2.21. The monoisotopic (exact) mass is 303 g/mol. The average molecular weight is 303 g/mol. The lowest BCUT2D eigenvalue weighted by Gasteiger charge is -2.11. The Labute approximate surface area is 117 Å². The number of nitrogens with zero attached hydrogens (tertiary/aromatic N) is 3. The average Bonchev–Trinajstić information content (AvgIpc) is 2.80. The number of aryl methyl sites for hydroxylation is 1. The molecule has 0 fully saturated rings. The van der Waals surface area contributed by atoms with Gasteiger partial charge in [-0.3, -0.25) is 0 Å². The minimum Gasteiger partial charge on any atom is -0.365 e. The SMILES string of the molecule is CNc1nc(NCc2scnc2C)cc(C(F)(F)F)n1. The van der Waals surface area contributed by atoms with Gasteiger partial charge in [0.1, 0.15) is 5.82 Å². The summed E-state index contributed by atoms with van der Waals surface area (Å²) in [6.07, 6.45) is -4.51. The summed E-state index contributed by atoms with van der Waals surface area (Å²) in [5.74, 6) is 0.0350. The standard InChI is InChI=1S/C11H12F3N5S/c1-6-7(20-5-17-6)4-16-9-3-8(11(12,13)14)18-10(15-2)19-9/h3,5H,4H2,1-2H3,(H2,15,16,18,19). The molecule has 0 aromatic carbocycles. The third-order valence-corrected chi connectivity index (χ3v) is 3.45. The minimum atomic E-state index is -4.51. The molecule has 0 atom stereocenters. The van der Waals surface area contributed by atoms with E-state index < -0.39 is 11.9 Å². The number of aromatic nitrogens is 3. The van der Waals surface area contributed by atoms with Gasteiger partial charge in [-0.2, -0.15) is 18.2 Å². The molecule has 20 heavy (non-hydrogen) atoms. The number of rotatable bonds is 4. The largest absolute Gasteiger partial charge is 0.433 e. The van der Waals surface area contributed by atoms with Crippen LogP contribution in [0.5, 0.6) is 0 Å². The van der Waals surface area contributed by atoms with Crippen LogP contribution < -0.4 is 10.6 Å². The number of thiazole rings is 1. The van der Waals surface area contributed by atoms with E-state index in [2.05, 4.69) is 25.6 Å². The number of alkyl halides is 3. The second kappa shape index (κ2) is 5.61. The van der Waals surface area contributed by atoms with Crippen molar-refractivity contribution in [1.29, 1.82) is 0 Å². The molecule has 108 valence electrons. The maximum absolute atomic E-state index is 12.7. The normalized spacial score (nSPS) is 11.4.